The van der Waals surface area contributed by atoms with E-state index in [4.69, 9.17) is 34.8 Å². The second-order valence-electron chi connectivity index (χ2n) is 5.99. The van der Waals surface area contributed by atoms with Gasteiger partial charge in [0.25, 0.3) is 0 Å². The van der Waals surface area contributed by atoms with Gasteiger partial charge in [-0.2, -0.15) is 0 Å². The number of fused-ring (bicyclic) bond motifs is 1. The molecule has 0 radical (unpaired) electrons. The van der Waals surface area contributed by atoms with Crippen molar-refractivity contribution in [1.29, 1.82) is 0 Å². The van der Waals surface area contributed by atoms with Gasteiger partial charge in [0.05, 0.1) is 10.0 Å². The van der Waals surface area contributed by atoms with Crippen molar-refractivity contribution in [3.63, 3.8) is 0 Å². The Morgan fingerprint density at radius 2 is 1.77 bits per heavy atom. The van der Waals surface area contributed by atoms with Gasteiger partial charge in [-0.1, -0.05) is 59.9 Å². The number of hydrogen-bond donors (Lipinski definition) is 2. The second-order valence-corrected chi connectivity index (χ2v) is 8.89. The number of sulfonamides is 1. The molecule has 1 unspecified atom stereocenters. The normalized spacial score (nSPS) is 13.2. The highest BCUT2D eigenvalue weighted by Gasteiger charge is 2.25. The van der Waals surface area contributed by atoms with Crippen LogP contribution in [-0.4, -0.2) is 19.4 Å². The highest BCUT2D eigenvalue weighted by Crippen LogP contribution is 2.33. The molecule has 0 aliphatic rings. The largest absolute Gasteiger partial charge is 0.361 e. The summed E-state index contributed by atoms with van der Waals surface area (Å²) in [5, 5.41) is 1.35. The van der Waals surface area contributed by atoms with Gasteiger partial charge in [-0.3, -0.25) is 0 Å². The number of benzene rings is 2. The summed E-state index contributed by atoms with van der Waals surface area (Å²) < 4.78 is 28.3. The number of aromatic nitrogens is 1. The molecule has 2 N–H and O–H groups in total. The predicted molar refractivity (Wildman–Crippen MR) is 108 cm³/mol. The van der Waals surface area contributed by atoms with Crippen molar-refractivity contribution in [3.05, 3.63) is 63.2 Å². The van der Waals surface area contributed by atoms with Crippen molar-refractivity contribution in [2.45, 2.75) is 30.7 Å². The summed E-state index contributed by atoms with van der Waals surface area (Å²) >= 11 is 18.0. The molecule has 0 fully saturated rings. The Labute approximate surface area is 167 Å². The number of nitrogens with one attached hydrogen (secondary N) is 2. The molecule has 3 rings (SSSR count). The predicted octanol–water partition coefficient (Wildman–Crippen LogP) is 5.43. The molecule has 1 atom stereocenters. The maximum Gasteiger partial charge on any atom is 0.243 e. The minimum atomic E-state index is -3.89. The summed E-state index contributed by atoms with van der Waals surface area (Å²) in [6, 6.07) is 10.3. The van der Waals surface area contributed by atoms with Gasteiger partial charge < -0.3 is 4.98 Å². The van der Waals surface area contributed by atoms with Gasteiger partial charge in [0.15, 0.2) is 0 Å². The van der Waals surface area contributed by atoms with Crippen molar-refractivity contribution in [2.24, 2.45) is 0 Å². The zero-order chi connectivity index (χ0) is 18.9. The average Bonchev–Trinajstić information content (AvgIpc) is 2.96. The monoisotopic (exact) mass is 430 g/mol. The summed E-state index contributed by atoms with van der Waals surface area (Å²) in [5.41, 5.74) is 2.06. The molecular weight excluding hydrogens is 415 g/mol. The summed E-state index contributed by atoms with van der Waals surface area (Å²) in [6.45, 7) is 1.92. The Bertz CT molecular complexity index is 1020. The third kappa shape index (κ3) is 4.02. The molecule has 0 bridgehead atoms. The third-order valence-corrected chi connectivity index (χ3v) is 6.85. The van der Waals surface area contributed by atoms with E-state index in [9.17, 15) is 8.42 Å². The second kappa shape index (κ2) is 7.79. The van der Waals surface area contributed by atoms with Gasteiger partial charge in [-0.25, -0.2) is 13.1 Å². The summed E-state index contributed by atoms with van der Waals surface area (Å²) in [7, 11) is -3.89. The summed E-state index contributed by atoms with van der Waals surface area (Å²) in [6.07, 6.45) is 3.06. The van der Waals surface area contributed by atoms with Gasteiger partial charge in [-0.05, 0) is 36.6 Å². The average molecular weight is 432 g/mol. The van der Waals surface area contributed by atoms with Crippen molar-refractivity contribution in [2.75, 3.05) is 0 Å². The zero-order valence-electron chi connectivity index (χ0n) is 13.9. The van der Waals surface area contributed by atoms with E-state index in [0.29, 0.717) is 12.8 Å². The van der Waals surface area contributed by atoms with Gasteiger partial charge in [0.1, 0.15) is 4.90 Å². The van der Waals surface area contributed by atoms with E-state index in [-0.39, 0.29) is 26.0 Å². The van der Waals surface area contributed by atoms with E-state index >= 15 is 0 Å². The number of rotatable bonds is 6. The lowest BCUT2D eigenvalue weighted by Gasteiger charge is -2.18. The van der Waals surface area contributed by atoms with E-state index in [1.807, 2.05) is 37.4 Å². The molecule has 0 saturated heterocycles. The molecule has 26 heavy (non-hydrogen) atoms. The highest BCUT2D eigenvalue weighted by molar-refractivity contribution is 7.89. The first-order valence-corrected chi connectivity index (χ1v) is 10.7. The molecular formula is C18H17Cl3N2O2S. The standard InChI is InChI=1S/C18H17Cl3N2O2S/c1-2-13(7-11-10-22-17-6-4-3-5-14(11)17)23-26(24,25)18-15(20)8-12(19)9-16(18)21/h3-6,8-10,13,22-23H,2,7H2,1H3. The van der Waals surface area contributed by atoms with Crippen LogP contribution in [0.3, 0.4) is 0 Å². The van der Waals surface area contributed by atoms with E-state index in [1.54, 1.807) is 0 Å². The van der Waals surface area contributed by atoms with Crippen molar-refractivity contribution in [1.82, 2.24) is 9.71 Å². The van der Waals surface area contributed by atoms with Crippen LogP contribution in [0.2, 0.25) is 15.1 Å². The van der Waals surface area contributed by atoms with Crippen LogP contribution in [0.1, 0.15) is 18.9 Å². The smallest absolute Gasteiger partial charge is 0.243 e. The van der Waals surface area contributed by atoms with Crippen LogP contribution < -0.4 is 4.72 Å². The Balaban J connectivity index is 1.88. The first-order chi connectivity index (χ1) is 12.3. The number of H-pyrrole nitrogens is 1. The summed E-state index contributed by atoms with van der Waals surface area (Å²) in [5.74, 6) is 0. The lowest BCUT2D eigenvalue weighted by Crippen LogP contribution is -2.36. The molecule has 0 aliphatic carbocycles. The van der Waals surface area contributed by atoms with Crippen LogP contribution in [0, 0.1) is 0 Å². The van der Waals surface area contributed by atoms with Crippen LogP contribution in [0.25, 0.3) is 10.9 Å². The molecule has 138 valence electrons. The van der Waals surface area contributed by atoms with Gasteiger partial charge in [0.2, 0.25) is 10.0 Å². The maximum absolute atomic E-state index is 12.8. The van der Waals surface area contributed by atoms with Crippen LogP contribution >= 0.6 is 34.8 Å². The Morgan fingerprint density at radius 1 is 1.12 bits per heavy atom. The zero-order valence-corrected chi connectivity index (χ0v) is 17.0. The first-order valence-electron chi connectivity index (χ1n) is 8.03. The summed E-state index contributed by atoms with van der Waals surface area (Å²) in [4.78, 5) is 3.05. The highest BCUT2D eigenvalue weighted by atomic mass is 35.5. The molecule has 0 aliphatic heterocycles. The minimum Gasteiger partial charge on any atom is -0.361 e. The minimum absolute atomic E-state index is 0.00283. The lowest BCUT2D eigenvalue weighted by molar-refractivity contribution is 0.537. The van der Waals surface area contributed by atoms with Crippen LogP contribution in [0.4, 0.5) is 0 Å². The van der Waals surface area contributed by atoms with Crippen LogP contribution in [-0.2, 0) is 16.4 Å². The van der Waals surface area contributed by atoms with E-state index in [1.165, 1.54) is 12.1 Å². The fraction of sp³-hybridized carbons (Fsp3) is 0.222. The van der Waals surface area contributed by atoms with Crippen LogP contribution in [0.5, 0.6) is 0 Å². The molecule has 0 spiro atoms. The van der Waals surface area contributed by atoms with E-state index in [2.05, 4.69) is 9.71 Å². The van der Waals surface area contributed by atoms with E-state index < -0.39 is 10.0 Å². The molecule has 0 amide bonds. The maximum atomic E-state index is 12.8. The lowest BCUT2D eigenvalue weighted by atomic mass is 10.0. The van der Waals surface area contributed by atoms with Gasteiger partial charge >= 0.3 is 0 Å². The quantitative estimate of drug-likeness (QED) is 0.547. The molecule has 3 aromatic rings. The number of hydrogen-bond acceptors (Lipinski definition) is 2. The number of halogens is 3. The fourth-order valence-electron chi connectivity index (χ4n) is 2.90. The molecule has 0 saturated carbocycles. The molecule has 4 nitrogen and oxygen atoms in total. The van der Waals surface area contributed by atoms with Crippen molar-refractivity contribution in [3.8, 4) is 0 Å². The fourth-order valence-corrected chi connectivity index (χ4v) is 5.76. The number of para-hydroxylation sites is 1. The number of aromatic amines is 1. The Morgan fingerprint density at radius 3 is 2.42 bits per heavy atom. The third-order valence-electron chi connectivity index (χ3n) is 4.19. The molecule has 1 heterocycles. The Hall–Kier alpha value is -1.24. The molecule has 8 heteroatoms. The topological polar surface area (TPSA) is 62.0 Å². The van der Waals surface area contributed by atoms with Crippen molar-refractivity contribution < 1.29 is 8.42 Å². The van der Waals surface area contributed by atoms with Gasteiger partial charge in [-0.15, -0.1) is 0 Å². The molecule has 2 aromatic carbocycles. The van der Waals surface area contributed by atoms with E-state index in [0.717, 1.165) is 16.5 Å². The Kier molecular flexibility index (Phi) is 5.85. The SMILES string of the molecule is CCC(Cc1c[nH]c2ccccc12)NS(=O)(=O)c1c(Cl)cc(Cl)cc1Cl. The first kappa shape index (κ1) is 19.5. The van der Waals surface area contributed by atoms with Crippen molar-refractivity contribution >= 4 is 55.7 Å². The molecule has 1 aromatic heterocycles. The van der Waals surface area contributed by atoms with Gasteiger partial charge in [0, 0.05) is 28.2 Å². The van der Waals surface area contributed by atoms with Crippen LogP contribution in [0.15, 0.2) is 47.5 Å².